The van der Waals surface area contributed by atoms with Crippen LogP contribution in [0.15, 0.2) is 28.2 Å². The first-order valence-corrected chi connectivity index (χ1v) is 7.49. The highest BCUT2D eigenvalue weighted by Crippen LogP contribution is 2.20. The Labute approximate surface area is 130 Å². The molecule has 2 N–H and O–H groups in total. The molecule has 1 aromatic carbocycles. The van der Waals surface area contributed by atoms with Crippen LogP contribution in [-0.4, -0.2) is 34.9 Å². The first-order chi connectivity index (χ1) is 10.0. The zero-order valence-electron chi connectivity index (χ0n) is 11.3. The Bertz CT molecular complexity index is 732. The van der Waals surface area contributed by atoms with Gasteiger partial charge < -0.3 is 10.5 Å². The van der Waals surface area contributed by atoms with Crippen LogP contribution in [-0.2, 0) is 16.1 Å². The van der Waals surface area contributed by atoms with Gasteiger partial charge in [0, 0.05) is 12.1 Å². The Morgan fingerprint density at radius 2 is 2.29 bits per heavy atom. The van der Waals surface area contributed by atoms with E-state index in [1.807, 2.05) is 0 Å². The molecule has 0 aliphatic rings. The van der Waals surface area contributed by atoms with Crippen molar-refractivity contribution >= 4 is 40.2 Å². The summed E-state index contributed by atoms with van der Waals surface area (Å²) in [6.45, 7) is 0.715. The highest BCUT2D eigenvalue weighted by Gasteiger charge is 2.12. The lowest BCUT2D eigenvalue weighted by atomic mass is 10.2. The van der Waals surface area contributed by atoms with Gasteiger partial charge in [0.15, 0.2) is 5.16 Å². The second-order valence-corrected chi connectivity index (χ2v) is 5.64. The number of benzene rings is 1. The summed E-state index contributed by atoms with van der Waals surface area (Å²) in [4.78, 5) is 27.8. The standard InChI is InChI=1S/C13H14ClN3O3S/c1-20-5-4-17-12(19)9-3-2-8(14)6-10(9)16-13(17)21-7-11(15)18/h2-3,6H,4-5,7H2,1H3,(H2,15,18). The number of primary amides is 1. The minimum atomic E-state index is -0.473. The summed E-state index contributed by atoms with van der Waals surface area (Å²) >= 11 is 7.04. The number of thioether (sulfide) groups is 1. The molecule has 112 valence electrons. The quantitative estimate of drug-likeness (QED) is 0.638. The number of fused-ring (bicyclic) bond motifs is 1. The predicted molar refractivity (Wildman–Crippen MR) is 82.8 cm³/mol. The van der Waals surface area contributed by atoms with Gasteiger partial charge >= 0.3 is 0 Å². The lowest BCUT2D eigenvalue weighted by molar-refractivity contribution is -0.115. The van der Waals surface area contributed by atoms with Gasteiger partial charge in [-0.1, -0.05) is 23.4 Å². The fraction of sp³-hybridized carbons (Fsp3) is 0.308. The highest BCUT2D eigenvalue weighted by atomic mass is 35.5. The van der Waals surface area contributed by atoms with E-state index in [1.165, 1.54) is 4.57 Å². The minimum Gasteiger partial charge on any atom is -0.383 e. The lowest BCUT2D eigenvalue weighted by Gasteiger charge is -2.12. The molecule has 6 nitrogen and oxygen atoms in total. The molecule has 0 atom stereocenters. The molecule has 0 saturated heterocycles. The normalized spacial score (nSPS) is 11.0. The first-order valence-electron chi connectivity index (χ1n) is 6.13. The molecular weight excluding hydrogens is 314 g/mol. The smallest absolute Gasteiger partial charge is 0.262 e. The molecule has 2 rings (SSSR count). The number of hydrogen-bond donors (Lipinski definition) is 1. The second-order valence-electron chi connectivity index (χ2n) is 4.26. The van der Waals surface area contributed by atoms with Crippen molar-refractivity contribution in [1.82, 2.24) is 9.55 Å². The zero-order valence-corrected chi connectivity index (χ0v) is 12.9. The summed E-state index contributed by atoms with van der Waals surface area (Å²) in [5, 5.41) is 1.39. The van der Waals surface area contributed by atoms with Gasteiger partial charge in [-0.05, 0) is 18.2 Å². The van der Waals surface area contributed by atoms with Gasteiger partial charge in [0.05, 0.1) is 29.8 Å². The summed E-state index contributed by atoms with van der Waals surface area (Å²) in [5.41, 5.74) is 5.44. The number of aromatic nitrogens is 2. The van der Waals surface area contributed by atoms with Crippen molar-refractivity contribution in [3.63, 3.8) is 0 Å². The van der Waals surface area contributed by atoms with Crippen LogP contribution in [0.4, 0.5) is 0 Å². The van der Waals surface area contributed by atoms with Crippen LogP contribution < -0.4 is 11.3 Å². The SMILES string of the molecule is COCCn1c(SCC(N)=O)nc2cc(Cl)ccc2c1=O. The topological polar surface area (TPSA) is 87.2 Å². The Hall–Kier alpha value is -1.57. The van der Waals surface area contributed by atoms with Crippen LogP contribution in [0.1, 0.15) is 0 Å². The van der Waals surface area contributed by atoms with E-state index in [4.69, 9.17) is 22.1 Å². The van der Waals surface area contributed by atoms with Gasteiger partial charge in [-0.15, -0.1) is 0 Å². The third-order valence-corrected chi connectivity index (χ3v) is 3.98. The monoisotopic (exact) mass is 327 g/mol. The summed E-state index contributed by atoms with van der Waals surface area (Å²) in [7, 11) is 1.55. The molecule has 0 unspecified atom stereocenters. The summed E-state index contributed by atoms with van der Waals surface area (Å²) in [6.07, 6.45) is 0. The second kappa shape index (κ2) is 6.93. The van der Waals surface area contributed by atoms with Crippen molar-refractivity contribution in [3.05, 3.63) is 33.6 Å². The van der Waals surface area contributed by atoms with Gasteiger partial charge in [0.1, 0.15) is 0 Å². The third-order valence-electron chi connectivity index (χ3n) is 2.74. The van der Waals surface area contributed by atoms with Gasteiger partial charge in [-0.3, -0.25) is 14.2 Å². The highest BCUT2D eigenvalue weighted by molar-refractivity contribution is 7.99. The van der Waals surface area contributed by atoms with E-state index >= 15 is 0 Å². The van der Waals surface area contributed by atoms with E-state index in [2.05, 4.69) is 4.98 Å². The molecule has 1 heterocycles. The molecule has 1 amide bonds. The first kappa shape index (κ1) is 15.8. The van der Waals surface area contributed by atoms with E-state index in [-0.39, 0.29) is 11.3 Å². The number of halogens is 1. The molecule has 0 spiro atoms. The van der Waals surface area contributed by atoms with Crippen LogP contribution in [0.2, 0.25) is 5.02 Å². The summed E-state index contributed by atoms with van der Waals surface area (Å²) < 4.78 is 6.48. The minimum absolute atomic E-state index is 0.0471. The average molecular weight is 328 g/mol. The van der Waals surface area contributed by atoms with E-state index in [1.54, 1.807) is 25.3 Å². The lowest BCUT2D eigenvalue weighted by Crippen LogP contribution is -2.26. The summed E-state index contributed by atoms with van der Waals surface area (Å²) in [5.74, 6) is -0.426. The van der Waals surface area contributed by atoms with E-state index < -0.39 is 5.91 Å². The molecule has 0 aliphatic heterocycles. The Balaban J connectivity index is 2.55. The van der Waals surface area contributed by atoms with Crippen molar-refractivity contribution < 1.29 is 9.53 Å². The number of carbonyl (C=O) groups excluding carboxylic acids is 1. The van der Waals surface area contributed by atoms with Crippen LogP contribution in [0.25, 0.3) is 10.9 Å². The molecule has 2 aromatic rings. The van der Waals surface area contributed by atoms with Crippen LogP contribution in [0.5, 0.6) is 0 Å². The molecular formula is C13H14ClN3O3S. The Morgan fingerprint density at radius 3 is 2.95 bits per heavy atom. The molecule has 0 fully saturated rings. The number of methoxy groups -OCH3 is 1. The average Bonchev–Trinajstić information content (AvgIpc) is 2.44. The van der Waals surface area contributed by atoms with Crippen LogP contribution in [0.3, 0.4) is 0 Å². The molecule has 21 heavy (non-hydrogen) atoms. The Morgan fingerprint density at radius 1 is 1.52 bits per heavy atom. The molecule has 0 radical (unpaired) electrons. The number of rotatable bonds is 6. The molecule has 0 aliphatic carbocycles. The number of nitrogens with zero attached hydrogens (tertiary/aromatic N) is 2. The third kappa shape index (κ3) is 3.75. The maximum Gasteiger partial charge on any atom is 0.262 e. The van der Waals surface area contributed by atoms with E-state index in [0.29, 0.717) is 34.2 Å². The van der Waals surface area contributed by atoms with Crippen molar-refractivity contribution in [2.45, 2.75) is 11.7 Å². The van der Waals surface area contributed by atoms with Gasteiger partial charge in [-0.25, -0.2) is 4.98 Å². The van der Waals surface area contributed by atoms with Gasteiger partial charge in [-0.2, -0.15) is 0 Å². The number of nitrogens with two attached hydrogens (primary N) is 1. The van der Waals surface area contributed by atoms with Crippen LogP contribution in [0, 0.1) is 0 Å². The predicted octanol–water partition coefficient (Wildman–Crippen LogP) is 1.27. The molecule has 0 bridgehead atoms. The van der Waals surface area contributed by atoms with E-state index in [9.17, 15) is 9.59 Å². The number of amides is 1. The van der Waals surface area contributed by atoms with Crippen molar-refractivity contribution in [2.75, 3.05) is 19.5 Å². The molecule has 1 aromatic heterocycles. The number of ether oxygens (including phenoxy) is 1. The number of hydrogen-bond acceptors (Lipinski definition) is 5. The van der Waals surface area contributed by atoms with Crippen molar-refractivity contribution in [1.29, 1.82) is 0 Å². The maximum absolute atomic E-state index is 12.5. The van der Waals surface area contributed by atoms with Gasteiger partial charge in [0.2, 0.25) is 5.91 Å². The zero-order chi connectivity index (χ0) is 15.4. The number of carbonyl (C=O) groups is 1. The van der Waals surface area contributed by atoms with E-state index in [0.717, 1.165) is 11.8 Å². The van der Waals surface area contributed by atoms with Gasteiger partial charge in [0.25, 0.3) is 5.56 Å². The fourth-order valence-electron chi connectivity index (χ4n) is 1.80. The fourth-order valence-corrected chi connectivity index (χ4v) is 2.73. The summed E-state index contributed by atoms with van der Waals surface area (Å²) in [6, 6.07) is 4.90. The Kier molecular flexibility index (Phi) is 5.22. The van der Waals surface area contributed by atoms with Crippen molar-refractivity contribution in [3.8, 4) is 0 Å². The maximum atomic E-state index is 12.5. The molecule has 0 saturated carbocycles. The largest absolute Gasteiger partial charge is 0.383 e. The van der Waals surface area contributed by atoms with Crippen LogP contribution >= 0.6 is 23.4 Å². The molecule has 8 heteroatoms. The van der Waals surface area contributed by atoms with Crippen molar-refractivity contribution in [2.24, 2.45) is 5.73 Å².